The van der Waals surface area contributed by atoms with Crippen LogP contribution < -0.4 is 18.9 Å². The highest BCUT2D eigenvalue weighted by Gasteiger charge is 2.35. The second-order valence-electron chi connectivity index (χ2n) is 8.13. The second-order valence-corrected chi connectivity index (χ2v) is 8.13. The molecule has 0 aliphatic carbocycles. The monoisotopic (exact) mass is 443 g/mol. The van der Waals surface area contributed by atoms with Crippen molar-refractivity contribution in [2.45, 2.75) is 20.0 Å². The normalized spacial score (nSPS) is 16.1. The van der Waals surface area contributed by atoms with Gasteiger partial charge >= 0.3 is 0 Å². The number of ether oxygens (including phenoxy) is 4. The lowest BCUT2D eigenvalue weighted by Crippen LogP contribution is -2.32. The zero-order valence-corrected chi connectivity index (χ0v) is 18.9. The first-order chi connectivity index (χ1) is 16.1. The summed E-state index contributed by atoms with van der Waals surface area (Å²) in [4.78, 5) is 15.4. The zero-order chi connectivity index (χ0) is 22.9. The van der Waals surface area contributed by atoms with Gasteiger partial charge in [-0.3, -0.25) is 9.69 Å². The van der Waals surface area contributed by atoms with Crippen molar-refractivity contribution in [3.63, 3.8) is 0 Å². The lowest BCUT2D eigenvalue weighted by Gasteiger charge is -2.30. The molecule has 6 nitrogen and oxygen atoms in total. The van der Waals surface area contributed by atoms with Crippen LogP contribution in [0.4, 0.5) is 0 Å². The average molecular weight is 443 g/mol. The third kappa shape index (κ3) is 3.83. The summed E-state index contributed by atoms with van der Waals surface area (Å²) >= 11 is 0. The quantitative estimate of drug-likeness (QED) is 0.519. The topological polar surface area (TPSA) is 57.2 Å². The van der Waals surface area contributed by atoms with Crippen molar-refractivity contribution in [2.75, 3.05) is 21.0 Å². The molecule has 0 bridgehead atoms. The summed E-state index contributed by atoms with van der Waals surface area (Å²) in [6, 6.07) is 17.4. The molecule has 0 N–H and O–H groups in total. The largest absolute Gasteiger partial charge is 0.496 e. The Morgan fingerprint density at radius 2 is 1.76 bits per heavy atom. The molecule has 0 fully saturated rings. The van der Waals surface area contributed by atoms with Gasteiger partial charge in [-0.1, -0.05) is 36.4 Å². The number of carbonyl (C=O) groups excluding carboxylic acids is 1. The van der Waals surface area contributed by atoms with E-state index in [0.717, 1.165) is 33.8 Å². The second kappa shape index (κ2) is 8.64. The van der Waals surface area contributed by atoms with E-state index >= 15 is 0 Å². The number of methoxy groups -OCH3 is 2. The lowest BCUT2D eigenvalue weighted by molar-refractivity contribution is 0.0864. The Morgan fingerprint density at radius 3 is 2.55 bits per heavy atom. The molecule has 33 heavy (non-hydrogen) atoms. The van der Waals surface area contributed by atoms with E-state index in [-0.39, 0.29) is 11.5 Å². The number of benzene rings is 3. The van der Waals surface area contributed by atoms with Gasteiger partial charge in [0.1, 0.15) is 29.7 Å². The molecule has 0 atom stereocenters. The van der Waals surface area contributed by atoms with Crippen molar-refractivity contribution in [3.05, 3.63) is 88.2 Å². The molecule has 168 valence electrons. The minimum absolute atomic E-state index is 0.127. The van der Waals surface area contributed by atoms with E-state index in [4.69, 9.17) is 18.9 Å². The minimum atomic E-state index is -0.127. The van der Waals surface area contributed by atoms with Crippen LogP contribution in [-0.4, -0.2) is 31.6 Å². The molecule has 0 radical (unpaired) electrons. The van der Waals surface area contributed by atoms with Gasteiger partial charge in [-0.25, -0.2) is 0 Å². The number of allylic oxidation sites excluding steroid dienone is 1. The standard InChI is InChI=1S/C27H25NO5/c1-17-12-23-20(15-28(16-32-23)14-19-9-5-7-11-22(19)31-3)27-25(17)26(29)24(33-27)13-18-8-4-6-10-21(18)30-2/h4-13H,14-16H2,1-3H3/b24-13-. The van der Waals surface area contributed by atoms with Gasteiger partial charge < -0.3 is 18.9 Å². The molecule has 0 saturated carbocycles. The van der Waals surface area contributed by atoms with Crippen molar-refractivity contribution in [2.24, 2.45) is 0 Å². The smallest absolute Gasteiger partial charge is 0.232 e. The average Bonchev–Trinajstić information content (AvgIpc) is 3.17. The van der Waals surface area contributed by atoms with Crippen molar-refractivity contribution in [3.8, 4) is 23.0 Å². The number of hydrogen-bond acceptors (Lipinski definition) is 6. The number of fused-ring (bicyclic) bond motifs is 3. The maximum absolute atomic E-state index is 13.3. The predicted molar refractivity (Wildman–Crippen MR) is 125 cm³/mol. The number of aryl methyl sites for hydroxylation is 1. The Labute approximate surface area is 193 Å². The minimum Gasteiger partial charge on any atom is -0.496 e. The van der Waals surface area contributed by atoms with Gasteiger partial charge in [0, 0.05) is 24.2 Å². The highest BCUT2D eigenvalue weighted by Crippen LogP contribution is 2.44. The van der Waals surface area contributed by atoms with E-state index in [2.05, 4.69) is 4.90 Å². The highest BCUT2D eigenvalue weighted by molar-refractivity contribution is 6.16. The number of Topliss-reactive ketones (excluding diaryl/α,β-unsaturated/α-hetero) is 1. The van der Waals surface area contributed by atoms with Gasteiger partial charge in [-0.2, -0.15) is 0 Å². The summed E-state index contributed by atoms with van der Waals surface area (Å²) in [5, 5.41) is 0. The lowest BCUT2D eigenvalue weighted by atomic mass is 9.98. The van der Waals surface area contributed by atoms with E-state index in [0.29, 0.717) is 36.9 Å². The van der Waals surface area contributed by atoms with Gasteiger partial charge in [0.2, 0.25) is 5.78 Å². The summed E-state index contributed by atoms with van der Waals surface area (Å²) in [5.41, 5.74) is 4.18. The van der Waals surface area contributed by atoms with Crippen LogP contribution in [0, 0.1) is 6.92 Å². The zero-order valence-electron chi connectivity index (χ0n) is 18.9. The first-order valence-electron chi connectivity index (χ1n) is 10.8. The van der Waals surface area contributed by atoms with Crippen molar-refractivity contribution < 1.29 is 23.7 Å². The van der Waals surface area contributed by atoms with Crippen molar-refractivity contribution in [1.82, 2.24) is 4.90 Å². The van der Waals surface area contributed by atoms with Gasteiger partial charge in [0.15, 0.2) is 5.76 Å². The third-order valence-electron chi connectivity index (χ3n) is 6.00. The van der Waals surface area contributed by atoms with Crippen LogP contribution in [0.15, 0.2) is 60.4 Å². The van der Waals surface area contributed by atoms with Crippen molar-refractivity contribution >= 4 is 11.9 Å². The molecule has 0 saturated heterocycles. The van der Waals surface area contributed by atoms with Crippen LogP contribution in [0.2, 0.25) is 0 Å². The number of rotatable bonds is 5. The SMILES string of the molecule is COc1ccccc1/C=C1\Oc2c3c(cc(C)c2C1=O)OCN(Cc1ccccc1OC)C3. The van der Waals surface area contributed by atoms with E-state index in [1.54, 1.807) is 20.3 Å². The van der Waals surface area contributed by atoms with Crippen LogP contribution in [-0.2, 0) is 13.1 Å². The fourth-order valence-corrected chi connectivity index (χ4v) is 4.38. The molecule has 3 aromatic carbocycles. The Morgan fingerprint density at radius 1 is 1.03 bits per heavy atom. The number of hydrogen-bond donors (Lipinski definition) is 0. The van der Waals surface area contributed by atoms with Crippen LogP contribution in [0.5, 0.6) is 23.0 Å². The van der Waals surface area contributed by atoms with Gasteiger partial charge in [0.05, 0.1) is 25.3 Å². The molecule has 2 aliphatic rings. The Balaban J connectivity index is 1.47. The van der Waals surface area contributed by atoms with Gasteiger partial charge in [-0.15, -0.1) is 0 Å². The molecule has 6 heteroatoms. The summed E-state index contributed by atoms with van der Waals surface area (Å²) in [7, 11) is 3.28. The molecule has 0 aromatic heterocycles. The number of ketones is 1. The fourth-order valence-electron chi connectivity index (χ4n) is 4.38. The molecule has 0 spiro atoms. The van der Waals surface area contributed by atoms with Crippen LogP contribution in [0.3, 0.4) is 0 Å². The molecule has 5 rings (SSSR count). The molecule has 3 aromatic rings. The Kier molecular flexibility index (Phi) is 5.52. The maximum atomic E-state index is 13.3. The first kappa shape index (κ1) is 21.1. The van der Waals surface area contributed by atoms with Crippen LogP contribution in [0.25, 0.3) is 6.08 Å². The first-order valence-corrected chi connectivity index (χ1v) is 10.8. The van der Waals surface area contributed by atoms with E-state index in [9.17, 15) is 4.79 Å². The molecule has 0 unspecified atom stereocenters. The Hall–Kier alpha value is -3.77. The Bertz CT molecular complexity index is 1260. The van der Waals surface area contributed by atoms with Crippen molar-refractivity contribution in [1.29, 1.82) is 0 Å². The molecule has 2 heterocycles. The van der Waals surface area contributed by atoms with E-state index in [1.807, 2.05) is 61.5 Å². The molecule has 0 amide bonds. The molecule has 2 aliphatic heterocycles. The van der Waals surface area contributed by atoms with Crippen LogP contribution >= 0.6 is 0 Å². The number of carbonyl (C=O) groups is 1. The third-order valence-corrected chi connectivity index (χ3v) is 6.00. The van der Waals surface area contributed by atoms with Gasteiger partial charge in [-0.05, 0) is 36.8 Å². The fraction of sp³-hybridized carbons (Fsp3) is 0.222. The number of nitrogens with zero attached hydrogens (tertiary/aromatic N) is 1. The summed E-state index contributed by atoms with van der Waals surface area (Å²) < 4.78 is 23.2. The summed E-state index contributed by atoms with van der Waals surface area (Å²) in [6.45, 7) is 3.62. The number of para-hydroxylation sites is 2. The molecular weight excluding hydrogens is 418 g/mol. The van der Waals surface area contributed by atoms with Crippen LogP contribution in [0.1, 0.15) is 32.6 Å². The van der Waals surface area contributed by atoms with E-state index in [1.165, 1.54) is 0 Å². The predicted octanol–water partition coefficient (Wildman–Crippen LogP) is 4.98. The van der Waals surface area contributed by atoms with E-state index < -0.39 is 0 Å². The summed E-state index contributed by atoms with van der Waals surface area (Å²) in [5.74, 6) is 3.02. The maximum Gasteiger partial charge on any atom is 0.232 e. The highest BCUT2D eigenvalue weighted by atomic mass is 16.5. The molecular formula is C27H25NO5. The van der Waals surface area contributed by atoms with Gasteiger partial charge in [0.25, 0.3) is 0 Å². The summed E-state index contributed by atoms with van der Waals surface area (Å²) in [6.07, 6.45) is 1.74.